The van der Waals surface area contributed by atoms with Gasteiger partial charge >= 0.3 is 0 Å². The number of aliphatic hydroxyl groups is 1. The molecule has 0 radical (unpaired) electrons. The zero-order chi connectivity index (χ0) is 21.0. The Balaban J connectivity index is 1.62. The van der Waals surface area contributed by atoms with Gasteiger partial charge in [0.05, 0.1) is 17.7 Å². The third-order valence-electron chi connectivity index (χ3n) is 7.58. The van der Waals surface area contributed by atoms with Crippen LogP contribution in [0.3, 0.4) is 0 Å². The van der Waals surface area contributed by atoms with E-state index in [1.807, 2.05) is 18.2 Å². The summed E-state index contributed by atoms with van der Waals surface area (Å²) in [6.07, 6.45) is 5.35. The maximum absolute atomic E-state index is 13.5. The van der Waals surface area contributed by atoms with Crippen LogP contribution in [0.1, 0.15) is 43.7 Å². The molecular weight excluding hydrogens is 396 g/mol. The summed E-state index contributed by atoms with van der Waals surface area (Å²) in [6, 6.07) is 11.9. The summed E-state index contributed by atoms with van der Waals surface area (Å²) in [7, 11) is 1.60. The van der Waals surface area contributed by atoms with Crippen LogP contribution >= 0.6 is 11.6 Å². The van der Waals surface area contributed by atoms with Crippen molar-refractivity contribution in [2.24, 2.45) is 23.7 Å². The Morgan fingerprint density at radius 3 is 2.27 bits per heavy atom. The first kappa shape index (κ1) is 19.7. The first-order chi connectivity index (χ1) is 14.5. The highest BCUT2D eigenvalue weighted by atomic mass is 35.5. The second kappa shape index (κ2) is 7.46. The van der Waals surface area contributed by atoms with E-state index in [-0.39, 0.29) is 17.6 Å². The average Bonchev–Trinajstić information content (AvgIpc) is 3.07. The number of aryl methyl sites for hydroxylation is 1. The number of carbonyl (C=O) groups excluding carboxylic acids is 1. The molecule has 2 atom stereocenters. The fraction of sp³-hybridized carbons (Fsp3) is 0.423. The maximum atomic E-state index is 13.5. The van der Waals surface area contributed by atoms with E-state index < -0.39 is 0 Å². The number of methoxy groups -OCH3 is 1. The molecule has 2 aromatic rings. The van der Waals surface area contributed by atoms with Crippen LogP contribution < -0.4 is 4.74 Å². The van der Waals surface area contributed by atoms with E-state index in [1.54, 1.807) is 7.11 Å². The zero-order valence-electron chi connectivity index (χ0n) is 17.5. The minimum absolute atomic E-state index is 0.0171. The molecule has 3 fully saturated rings. The SMILES string of the molecule is CCc1ccc(-c2ccc(Cl)c(OC)c2)cc1C1=C(O)[C@H]2C3CCC(CC3)[C@H]2C1=O. The van der Waals surface area contributed by atoms with E-state index in [9.17, 15) is 9.90 Å². The molecule has 0 amide bonds. The van der Waals surface area contributed by atoms with Crippen molar-refractivity contribution in [3.8, 4) is 16.9 Å². The topological polar surface area (TPSA) is 46.5 Å². The van der Waals surface area contributed by atoms with Gasteiger partial charge in [-0.15, -0.1) is 0 Å². The van der Waals surface area contributed by atoms with Crippen LogP contribution in [0.4, 0.5) is 0 Å². The summed E-state index contributed by atoms with van der Waals surface area (Å²) in [5, 5.41) is 11.8. The molecule has 4 aliphatic carbocycles. The summed E-state index contributed by atoms with van der Waals surface area (Å²) in [6.45, 7) is 2.09. The number of hydrogen-bond acceptors (Lipinski definition) is 3. The molecule has 0 saturated heterocycles. The van der Waals surface area contributed by atoms with Gasteiger partial charge in [0.1, 0.15) is 11.5 Å². The van der Waals surface area contributed by atoms with Gasteiger partial charge in [0.25, 0.3) is 0 Å². The van der Waals surface area contributed by atoms with Crippen molar-refractivity contribution < 1.29 is 14.6 Å². The highest BCUT2D eigenvalue weighted by Gasteiger charge is 2.54. The van der Waals surface area contributed by atoms with Gasteiger partial charge < -0.3 is 9.84 Å². The van der Waals surface area contributed by atoms with Crippen LogP contribution in [0.2, 0.25) is 5.02 Å². The number of hydrogen-bond donors (Lipinski definition) is 1. The smallest absolute Gasteiger partial charge is 0.170 e. The van der Waals surface area contributed by atoms with Gasteiger partial charge in [0, 0.05) is 11.8 Å². The number of halogens is 1. The lowest BCUT2D eigenvalue weighted by atomic mass is 9.59. The minimum Gasteiger partial charge on any atom is -0.511 e. The third-order valence-corrected chi connectivity index (χ3v) is 7.90. The molecule has 3 saturated carbocycles. The molecule has 2 aromatic carbocycles. The van der Waals surface area contributed by atoms with Gasteiger partial charge in [-0.1, -0.05) is 36.7 Å². The van der Waals surface area contributed by atoms with E-state index in [2.05, 4.69) is 25.1 Å². The van der Waals surface area contributed by atoms with Crippen LogP contribution in [0.5, 0.6) is 5.75 Å². The lowest BCUT2D eigenvalue weighted by Crippen LogP contribution is -2.41. The first-order valence-corrected chi connectivity index (χ1v) is 11.4. The quantitative estimate of drug-likeness (QED) is 0.613. The standard InChI is InChI=1S/C26H27ClO3/c1-3-14-4-9-17(18-10-11-20(27)21(13-18)30-2)12-19(14)24-25(28)22-15-5-6-16(8-7-15)23(22)26(24)29/h4,9-13,15-16,22-23,28H,3,5-8H2,1-2H3/t15?,16?,22-,23+/m0/s1. The highest BCUT2D eigenvalue weighted by Crippen LogP contribution is 2.57. The van der Waals surface area contributed by atoms with Crippen molar-refractivity contribution in [3.05, 3.63) is 58.3 Å². The van der Waals surface area contributed by atoms with Crippen molar-refractivity contribution in [2.75, 3.05) is 7.11 Å². The molecule has 1 N–H and O–H groups in total. The highest BCUT2D eigenvalue weighted by molar-refractivity contribution is 6.32. The van der Waals surface area contributed by atoms with E-state index in [0.717, 1.165) is 54.4 Å². The summed E-state index contributed by atoms with van der Waals surface area (Å²) >= 11 is 6.20. The van der Waals surface area contributed by atoms with Crippen molar-refractivity contribution in [2.45, 2.75) is 39.0 Å². The molecule has 4 aliphatic rings. The lowest BCUT2D eigenvalue weighted by Gasteiger charge is -2.44. The molecule has 156 valence electrons. The molecule has 4 heteroatoms. The van der Waals surface area contributed by atoms with Crippen LogP contribution in [-0.4, -0.2) is 18.0 Å². The molecule has 0 aromatic heterocycles. The molecule has 0 spiro atoms. The summed E-state index contributed by atoms with van der Waals surface area (Å²) in [5.41, 5.74) is 4.52. The second-order valence-corrected chi connectivity index (χ2v) is 9.33. The lowest BCUT2D eigenvalue weighted by molar-refractivity contribution is -0.123. The van der Waals surface area contributed by atoms with Crippen molar-refractivity contribution in [1.82, 2.24) is 0 Å². The molecule has 0 heterocycles. The van der Waals surface area contributed by atoms with Gasteiger partial charge in [0.2, 0.25) is 0 Å². The Bertz CT molecular complexity index is 1050. The minimum atomic E-state index is -0.0171. The summed E-state index contributed by atoms with van der Waals surface area (Å²) in [5.74, 6) is 2.03. The van der Waals surface area contributed by atoms with Gasteiger partial charge in [-0.3, -0.25) is 4.79 Å². The Labute approximate surface area is 182 Å². The van der Waals surface area contributed by atoms with Crippen LogP contribution in [0, 0.1) is 23.7 Å². The number of benzene rings is 2. The van der Waals surface area contributed by atoms with Crippen LogP contribution in [0.25, 0.3) is 16.7 Å². The number of allylic oxidation sites excluding steroid dienone is 2. The fourth-order valence-corrected chi connectivity index (χ4v) is 6.28. The molecular formula is C26H27ClO3. The second-order valence-electron chi connectivity index (χ2n) is 8.93. The number of ketones is 1. The fourth-order valence-electron chi connectivity index (χ4n) is 6.09. The van der Waals surface area contributed by atoms with E-state index in [0.29, 0.717) is 33.9 Å². The van der Waals surface area contributed by atoms with Crippen molar-refractivity contribution in [3.63, 3.8) is 0 Å². The van der Waals surface area contributed by atoms with Gasteiger partial charge in [0.15, 0.2) is 5.78 Å². The summed E-state index contributed by atoms with van der Waals surface area (Å²) < 4.78 is 5.38. The summed E-state index contributed by atoms with van der Waals surface area (Å²) in [4.78, 5) is 13.5. The maximum Gasteiger partial charge on any atom is 0.170 e. The van der Waals surface area contributed by atoms with Gasteiger partial charge in [-0.05, 0) is 84.4 Å². The largest absolute Gasteiger partial charge is 0.511 e. The number of rotatable bonds is 4. The van der Waals surface area contributed by atoms with E-state index >= 15 is 0 Å². The number of fused-ring (bicyclic) bond motifs is 2. The normalized spacial score (nSPS) is 27.5. The van der Waals surface area contributed by atoms with Gasteiger partial charge in [-0.2, -0.15) is 0 Å². The molecule has 0 aliphatic heterocycles. The van der Waals surface area contributed by atoms with E-state index in [1.165, 1.54) is 0 Å². The Hall–Kier alpha value is -2.26. The van der Waals surface area contributed by atoms with Crippen LogP contribution in [-0.2, 0) is 11.2 Å². The zero-order valence-corrected chi connectivity index (χ0v) is 18.2. The molecule has 30 heavy (non-hydrogen) atoms. The number of carbonyl (C=O) groups is 1. The number of Topliss-reactive ketones (excluding diaryl/α,β-unsaturated/α-hetero) is 1. The van der Waals surface area contributed by atoms with Crippen molar-refractivity contribution >= 4 is 23.0 Å². The Kier molecular flexibility index (Phi) is 4.89. The van der Waals surface area contributed by atoms with Crippen molar-refractivity contribution in [1.29, 1.82) is 0 Å². The number of ether oxygens (including phenoxy) is 1. The third kappa shape index (κ3) is 2.90. The van der Waals surface area contributed by atoms with Crippen LogP contribution in [0.15, 0.2) is 42.2 Å². The Morgan fingerprint density at radius 2 is 1.63 bits per heavy atom. The monoisotopic (exact) mass is 422 g/mol. The molecule has 6 rings (SSSR count). The first-order valence-electron chi connectivity index (χ1n) is 11.0. The number of aliphatic hydroxyl groups excluding tert-OH is 1. The average molecular weight is 423 g/mol. The molecule has 2 bridgehead atoms. The predicted molar refractivity (Wildman–Crippen MR) is 120 cm³/mol. The predicted octanol–water partition coefficient (Wildman–Crippen LogP) is 6.48. The Morgan fingerprint density at radius 1 is 1.00 bits per heavy atom. The van der Waals surface area contributed by atoms with Gasteiger partial charge in [-0.25, -0.2) is 0 Å². The van der Waals surface area contributed by atoms with E-state index in [4.69, 9.17) is 16.3 Å². The molecule has 3 nitrogen and oxygen atoms in total. The molecule has 0 unspecified atom stereocenters.